The smallest absolute Gasteiger partial charge is 0.329 e. The van der Waals surface area contributed by atoms with Crippen LogP contribution in [0, 0.1) is 0 Å². The van der Waals surface area contributed by atoms with Gasteiger partial charge in [0.25, 0.3) is 5.91 Å². The number of nitrogens with one attached hydrogen (secondary N) is 1. The Labute approximate surface area is 99.0 Å². The third kappa shape index (κ3) is 1.87. The second-order valence-corrected chi connectivity index (χ2v) is 5.02. The van der Waals surface area contributed by atoms with Crippen LogP contribution in [-0.2, 0) is 14.4 Å². The number of rotatable bonds is 3. The van der Waals surface area contributed by atoms with E-state index < -0.39 is 23.0 Å². The minimum absolute atomic E-state index is 0.397. The topological polar surface area (TPSA) is 88.0 Å². The first kappa shape index (κ1) is 11.9. The van der Waals surface area contributed by atoms with Gasteiger partial charge >= 0.3 is 5.97 Å². The number of carbonyl (C=O) groups excluding carboxylic acids is 1. The van der Waals surface area contributed by atoms with E-state index in [0.29, 0.717) is 19.3 Å². The SMILES string of the molecule is CC1=NO[C@](C)(C(=O)NC2(C(=O)O)CCC2)C1. The Morgan fingerprint density at radius 2 is 2.12 bits per heavy atom. The van der Waals surface area contributed by atoms with Crippen LogP contribution in [0.4, 0.5) is 0 Å². The van der Waals surface area contributed by atoms with E-state index in [4.69, 9.17) is 9.94 Å². The lowest BCUT2D eigenvalue weighted by Gasteiger charge is -2.39. The molecule has 94 valence electrons. The summed E-state index contributed by atoms with van der Waals surface area (Å²) in [6.07, 6.45) is 2.17. The van der Waals surface area contributed by atoms with Crippen molar-refractivity contribution in [3.05, 3.63) is 0 Å². The molecule has 0 aromatic carbocycles. The van der Waals surface area contributed by atoms with E-state index in [1.54, 1.807) is 13.8 Å². The lowest BCUT2D eigenvalue weighted by Crippen LogP contribution is -2.63. The Morgan fingerprint density at radius 1 is 1.47 bits per heavy atom. The average Bonchev–Trinajstić information content (AvgIpc) is 2.52. The zero-order chi connectivity index (χ0) is 12.7. The molecule has 0 unspecified atom stereocenters. The average molecular weight is 240 g/mol. The second-order valence-electron chi connectivity index (χ2n) is 5.02. The van der Waals surface area contributed by atoms with Gasteiger partial charge in [0.2, 0.25) is 5.60 Å². The van der Waals surface area contributed by atoms with Gasteiger partial charge in [-0.05, 0) is 33.1 Å². The maximum absolute atomic E-state index is 12.1. The molecule has 6 nitrogen and oxygen atoms in total. The summed E-state index contributed by atoms with van der Waals surface area (Å²) in [6.45, 7) is 3.39. The van der Waals surface area contributed by atoms with Crippen LogP contribution in [0.5, 0.6) is 0 Å². The predicted octanol–water partition coefficient (Wildman–Crippen LogP) is 0.665. The molecule has 1 fully saturated rings. The highest BCUT2D eigenvalue weighted by molar-refractivity contribution is 5.97. The molecule has 0 saturated heterocycles. The van der Waals surface area contributed by atoms with Gasteiger partial charge in [0, 0.05) is 6.42 Å². The van der Waals surface area contributed by atoms with E-state index in [2.05, 4.69) is 10.5 Å². The van der Waals surface area contributed by atoms with Gasteiger partial charge in [-0.3, -0.25) is 4.79 Å². The Kier molecular flexibility index (Phi) is 2.60. The fourth-order valence-corrected chi connectivity index (χ4v) is 2.13. The van der Waals surface area contributed by atoms with E-state index >= 15 is 0 Å². The first-order valence-corrected chi connectivity index (χ1v) is 5.66. The highest BCUT2D eigenvalue weighted by Crippen LogP contribution is 2.34. The Bertz CT molecular complexity index is 400. The molecule has 0 bridgehead atoms. The number of aliphatic carboxylic acids is 1. The lowest BCUT2D eigenvalue weighted by atomic mass is 9.76. The first-order valence-electron chi connectivity index (χ1n) is 5.66. The molecule has 0 radical (unpaired) electrons. The summed E-state index contributed by atoms with van der Waals surface area (Å²) < 4.78 is 0. The van der Waals surface area contributed by atoms with Gasteiger partial charge in [-0.2, -0.15) is 0 Å². The standard InChI is InChI=1S/C11H16N2O4/c1-7-6-10(2,17-13-7)8(14)12-11(9(15)16)4-3-5-11/h3-6H2,1-2H3,(H,12,14)(H,15,16)/t10-/m0/s1. The predicted molar refractivity (Wildman–Crippen MR) is 59.6 cm³/mol. The normalized spacial score (nSPS) is 29.9. The summed E-state index contributed by atoms with van der Waals surface area (Å²) in [6, 6.07) is 0. The van der Waals surface area contributed by atoms with E-state index in [-0.39, 0.29) is 0 Å². The van der Waals surface area contributed by atoms with Gasteiger partial charge in [-0.15, -0.1) is 0 Å². The molecule has 2 aliphatic rings. The highest BCUT2D eigenvalue weighted by Gasteiger charge is 2.50. The van der Waals surface area contributed by atoms with Crippen molar-refractivity contribution in [2.24, 2.45) is 5.16 Å². The minimum Gasteiger partial charge on any atom is -0.480 e. The molecule has 17 heavy (non-hydrogen) atoms. The molecule has 0 spiro atoms. The van der Waals surface area contributed by atoms with Crippen LogP contribution >= 0.6 is 0 Å². The lowest BCUT2D eigenvalue weighted by molar-refractivity contribution is -0.157. The minimum atomic E-state index is -1.10. The van der Waals surface area contributed by atoms with Crippen molar-refractivity contribution in [1.82, 2.24) is 5.32 Å². The van der Waals surface area contributed by atoms with Crippen molar-refractivity contribution < 1.29 is 19.5 Å². The second kappa shape index (κ2) is 3.72. The van der Waals surface area contributed by atoms with Gasteiger partial charge in [0.15, 0.2) is 0 Å². The van der Waals surface area contributed by atoms with Crippen LogP contribution in [0.25, 0.3) is 0 Å². The molecule has 1 saturated carbocycles. The zero-order valence-corrected chi connectivity index (χ0v) is 9.95. The van der Waals surface area contributed by atoms with Crippen molar-refractivity contribution in [3.63, 3.8) is 0 Å². The third-order valence-corrected chi connectivity index (χ3v) is 3.45. The van der Waals surface area contributed by atoms with Crippen LogP contribution < -0.4 is 5.32 Å². The highest BCUT2D eigenvalue weighted by atomic mass is 16.7. The molecule has 2 N–H and O–H groups in total. The van der Waals surface area contributed by atoms with Crippen molar-refractivity contribution in [2.75, 3.05) is 0 Å². The molecular formula is C11H16N2O4. The Hall–Kier alpha value is -1.59. The molecule has 1 heterocycles. The van der Waals surface area contributed by atoms with E-state index in [1.165, 1.54) is 0 Å². The largest absolute Gasteiger partial charge is 0.480 e. The summed E-state index contributed by atoms with van der Waals surface area (Å²) in [7, 11) is 0. The van der Waals surface area contributed by atoms with Gasteiger partial charge in [0.1, 0.15) is 5.54 Å². The maximum Gasteiger partial charge on any atom is 0.329 e. The quantitative estimate of drug-likeness (QED) is 0.758. The zero-order valence-electron chi connectivity index (χ0n) is 9.95. The molecule has 2 rings (SSSR count). The van der Waals surface area contributed by atoms with Crippen LogP contribution in [-0.4, -0.2) is 33.8 Å². The van der Waals surface area contributed by atoms with E-state index in [9.17, 15) is 9.59 Å². The summed E-state index contributed by atoms with van der Waals surface area (Å²) in [4.78, 5) is 28.3. The molecule has 1 aliphatic carbocycles. The molecule has 1 aliphatic heterocycles. The first-order chi connectivity index (χ1) is 7.88. The molecule has 0 aromatic heterocycles. The third-order valence-electron chi connectivity index (χ3n) is 3.45. The van der Waals surface area contributed by atoms with Crippen molar-refractivity contribution in [2.45, 2.75) is 50.7 Å². The van der Waals surface area contributed by atoms with Crippen LogP contribution in [0.3, 0.4) is 0 Å². The fraction of sp³-hybridized carbons (Fsp3) is 0.727. The number of carboxylic acid groups (broad SMARTS) is 1. The summed E-state index contributed by atoms with van der Waals surface area (Å²) in [5.41, 5.74) is -1.43. The van der Waals surface area contributed by atoms with Crippen LogP contribution in [0.2, 0.25) is 0 Å². The van der Waals surface area contributed by atoms with E-state index in [1.807, 2.05) is 0 Å². The molecule has 6 heteroatoms. The molecule has 0 aromatic rings. The van der Waals surface area contributed by atoms with Crippen molar-refractivity contribution in [1.29, 1.82) is 0 Å². The van der Waals surface area contributed by atoms with Gasteiger partial charge in [-0.1, -0.05) is 5.16 Å². The van der Waals surface area contributed by atoms with Crippen LogP contribution in [0.1, 0.15) is 39.5 Å². The number of nitrogens with zero attached hydrogens (tertiary/aromatic N) is 1. The summed E-state index contributed by atoms with van der Waals surface area (Å²) in [5, 5.41) is 15.5. The molecule has 1 amide bonds. The monoisotopic (exact) mass is 240 g/mol. The van der Waals surface area contributed by atoms with Crippen molar-refractivity contribution >= 4 is 17.6 Å². The number of oxime groups is 1. The Balaban J connectivity index is 2.05. The molecular weight excluding hydrogens is 224 g/mol. The van der Waals surface area contributed by atoms with Crippen molar-refractivity contribution in [3.8, 4) is 0 Å². The fourth-order valence-electron chi connectivity index (χ4n) is 2.13. The number of hydrogen-bond donors (Lipinski definition) is 2. The van der Waals surface area contributed by atoms with E-state index in [0.717, 1.165) is 12.1 Å². The number of amides is 1. The number of carbonyl (C=O) groups is 2. The van der Waals surface area contributed by atoms with Gasteiger partial charge in [0.05, 0.1) is 5.71 Å². The molecule has 1 atom stereocenters. The number of hydrogen-bond acceptors (Lipinski definition) is 4. The Morgan fingerprint density at radius 3 is 2.47 bits per heavy atom. The van der Waals surface area contributed by atoms with Crippen LogP contribution in [0.15, 0.2) is 5.16 Å². The van der Waals surface area contributed by atoms with Gasteiger partial charge < -0.3 is 15.3 Å². The van der Waals surface area contributed by atoms with Gasteiger partial charge in [-0.25, -0.2) is 4.79 Å². The number of carboxylic acids is 1. The summed E-state index contributed by atoms with van der Waals surface area (Å²) >= 11 is 0. The maximum atomic E-state index is 12.1. The summed E-state index contributed by atoms with van der Waals surface area (Å²) in [5.74, 6) is -1.38.